The summed E-state index contributed by atoms with van der Waals surface area (Å²) in [7, 11) is -0.902. The molecule has 21 heavy (non-hydrogen) atoms. The highest BCUT2D eigenvalue weighted by atomic mass is 32.2. The molecule has 1 aromatic carbocycles. The van der Waals surface area contributed by atoms with Crippen LogP contribution in [0.15, 0.2) is 24.3 Å². The number of ether oxygens (including phenoxy) is 1. The molecule has 5 nitrogen and oxygen atoms in total. The highest BCUT2D eigenvalue weighted by molar-refractivity contribution is 7.91. The zero-order chi connectivity index (χ0) is 15.5. The lowest BCUT2D eigenvalue weighted by Crippen LogP contribution is -2.35. The van der Waals surface area contributed by atoms with Crippen molar-refractivity contribution in [2.45, 2.75) is 12.5 Å². The molecule has 1 saturated heterocycles. The van der Waals surface area contributed by atoms with Gasteiger partial charge in [0.05, 0.1) is 11.5 Å². The van der Waals surface area contributed by atoms with E-state index < -0.39 is 9.84 Å². The fraction of sp³-hybridized carbons (Fsp3) is 0.500. The van der Waals surface area contributed by atoms with Gasteiger partial charge < -0.3 is 10.5 Å². The van der Waals surface area contributed by atoms with Crippen molar-refractivity contribution in [1.82, 2.24) is 4.90 Å². The van der Waals surface area contributed by atoms with Gasteiger partial charge in [-0.05, 0) is 37.7 Å². The topological polar surface area (TPSA) is 72.6 Å². The molecule has 1 aromatic rings. The molecule has 0 amide bonds. The number of thiocarbonyl (C=S) groups is 1. The summed E-state index contributed by atoms with van der Waals surface area (Å²) >= 11 is 4.89. The van der Waals surface area contributed by atoms with Crippen molar-refractivity contribution in [1.29, 1.82) is 0 Å². The van der Waals surface area contributed by atoms with Crippen molar-refractivity contribution in [3.05, 3.63) is 29.8 Å². The molecule has 1 atom stereocenters. The maximum atomic E-state index is 11.4. The highest BCUT2D eigenvalue weighted by Crippen LogP contribution is 2.17. The summed E-state index contributed by atoms with van der Waals surface area (Å²) < 4.78 is 28.5. The van der Waals surface area contributed by atoms with Gasteiger partial charge in [-0.2, -0.15) is 0 Å². The Balaban J connectivity index is 1.77. The number of hydrogen-bond donors (Lipinski definition) is 1. The Morgan fingerprint density at radius 1 is 1.43 bits per heavy atom. The van der Waals surface area contributed by atoms with E-state index in [0.717, 1.165) is 11.3 Å². The van der Waals surface area contributed by atoms with Crippen LogP contribution in [0.1, 0.15) is 12.0 Å². The largest absolute Gasteiger partial charge is 0.492 e. The van der Waals surface area contributed by atoms with Gasteiger partial charge in [0.2, 0.25) is 0 Å². The lowest BCUT2D eigenvalue weighted by Gasteiger charge is -2.22. The molecular weight excluding hydrogens is 308 g/mol. The number of nitrogens with two attached hydrogens (primary N) is 1. The smallest absolute Gasteiger partial charge is 0.151 e. The number of likely N-dealkylation sites (N-methyl/N-ethyl adjacent to an activating group) is 1. The van der Waals surface area contributed by atoms with E-state index in [0.29, 0.717) is 30.3 Å². The molecule has 2 rings (SSSR count). The van der Waals surface area contributed by atoms with Gasteiger partial charge in [0, 0.05) is 18.2 Å². The Labute approximate surface area is 131 Å². The van der Waals surface area contributed by atoms with E-state index in [-0.39, 0.29) is 11.8 Å². The molecule has 7 heteroatoms. The Kier molecular flexibility index (Phi) is 5.18. The number of rotatable bonds is 6. The first kappa shape index (κ1) is 16.2. The molecule has 0 saturated carbocycles. The Morgan fingerprint density at radius 2 is 2.10 bits per heavy atom. The van der Waals surface area contributed by atoms with Gasteiger partial charge in [0.25, 0.3) is 0 Å². The Morgan fingerprint density at radius 3 is 2.62 bits per heavy atom. The number of sulfone groups is 1. The fourth-order valence-corrected chi connectivity index (χ4v) is 4.27. The SMILES string of the molecule is CN(CCOc1ccc(C(N)=S)cc1)C1CCS(=O)(=O)C1. The van der Waals surface area contributed by atoms with Crippen molar-refractivity contribution in [3.63, 3.8) is 0 Å². The Hall–Kier alpha value is -1.18. The predicted octanol–water partition coefficient (Wildman–Crippen LogP) is 0.818. The van der Waals surface area contributed by atoms with Gasteiger partial charge in [-0.3, -0.25) is 4.90 Å². The fourth-order valence-electron chi connectivity index (χ4n) is 2.33. The van der Waals surface area contributed by atoms with Crippen molar-refractivity contribution in [3.8, 4) is 5.75 Å². The molecule has 1 aliphatic rings. The van der Waals surface area contributed by atoms with Crippen LogP contribution in [0.25, 0.3) is 0 Å². The summed E-state index contributed by atoms with van der Waals surface area (Å²) in [5, 5.41) is 0. The first-order chi connectivity index (χ1) is 9.87. The van der Waals surface area contributed by atoms with Crippen molar-refractivity contribution in [2.75, 3.05) is 31.7 Å². The van der Waals surface area contributed by atoms with Crippen molar-refractivity contribution in [2.24, 2.45) is 5.73 Å². The van der Waals surface area contributed by atoms with Gasteiger partial charge in [0.1, 0.15) is 17.3 Å². The van der Waals surface area contributed by atoms with E-state index in [1.165, 1.54) is 0 Å². The molecule has 0 radical (unpaired) electrons. The normalized spacial score (nSPS) is 20.6. The van der Waals surface area contributed by atoms with E-state index >= 15 is 0 Å². The third-order valence-electron chi connectivity index (χ3n) is 3.68. The van der Waals surface area contributed by atoms with E-state index in [2.05, 4.69) is 0 Å². The average molecular weight is 328 g/mol. The van der Waals surface area contributed by atoms with Gasteiger partial charge >= 0.3 is 0 Å². The van der Waals surface area contributed by atoms with Crippen LogP contribution >= 0.6 is 12.2 Å². The van der Waals surface area contributed by atoms with Crippen LogP contribution in [0, 0.1) is 0 Å². The van der Waals surface area contributed by atoms with E-state index in [1.807, 2.05) is 36.2 Å². The summed E-state index contributed by atoms with van der Waals surface area (Å²) in [4.78, 5) is 2.41. The van der Waals surface area contributed by atoms with Gasteiger partial charge in [-0.15, -0.1) is 0 Å². The maximum Gasteiger partial charge on any atom is 0.151 e. The summed E-state index contributed by atoms with van der Waals surface area (Å²) in [6.07, 6.45) is 0.710. The zero-order valence-corrected chi connectivity index (χ0v) is 13.6. The number of hydrogen-bond acceptors (Lipinski definition) is 5. The first-order valence-electron chi connectivity index (χ1n) is 6.81. The third-order valence-corrected chi connectivity index (χ3v) is 5.67. The lowest BCUT2D eigenvalue weighted by molar-refractivity contribution is 0.202. The minimum absolute atomic E-state index is 0.107. The molecule has 2 N–H and O–H groups in total. The molecule has 1 unspecified atom stereocenters. The van der Waals surface area contributed by atoms with E-state index in [1.54, 1.807) is 0 Å². The second-order valence-electron chi connectivity index (χ2n) is 5.27. The van der Waals surface area contributed by atoms with E-state index in [4.69, 9.17) is 22.7 Å². The number of benzene rings is 1. The Bertz CT molecular complexity index is 599. The van der Waals surface area contributed by atoms with Crippen molar-refractivity contribution >= 4 is 27.0 Å². The lowest BCUT2D eigenvalue weighted by atomic mass is 10.2. The molecular formula is C14H20N2O3S2. The summed E-state index contributed by atoms with van der Waals surface area (Å²) in [6, 6.07) is 7.41. The van der Waals surface area contributed by atoms with E-state index in [9.17, 15) is 8.42 Å². The monoisotopic (exact) mass is 328 g/mol. The van der Waals surface area contributed by atoms with Gasteiger partial charge in [0.15, 0.2) is 9.84 Å². The van der Waals surface area contributed by atoms with Crippen LogP contribution in [0.3, 0.4) is 0 Å². The minimum Gasteiger partial charge on any atom is -0.492 e. The highest BCUT2D eigenvalue weighted by Gasteiger charge is 2.30. The quantitative estimate of drug-likeness (QED) is 0.780. The van der Waals surface area contributed by atoms with Crippen LogP contribution < -0.4 is 10.5 Å². The molecule has 1 heterocycles. The number of nitrogens with zero attached hydrogens (tertiary/aromatic N) is 1. The second-order valence-corrected chi connectivity index (χ2v) is 7.94. The maximum absolute atomic E-state index is 11.4. The molecule has 116 valence electrons. The van der Waals surface area contributed by atoms with Crippen LogP contribution in [0.4, 0.5) is 0 Å². The van der Waals surface area contributed by atoms with Gasteiger partial charge in [-0.25, -0.2) is 8.42 Å². The second kappa shape index (κ2) is 6.72. The van der Waals surface area contributed by atoms with Crippen LogP contribution in [0.2, 0.25) is 0 Å². The zero-order valence-electron chi connectivity index (χ0n) is 12.0. The van der Waals surface area contributed by atoms with Gasteiger partial charge in [-0.1, -0.05) is 12.2 Å². The molecule has 1 fully saturated rings. The molecule has 0 aliphatic carbocycles. The summed E-state index contributed by atoms with van der Waals surface area (Å²) in [5.41, 5.74) is 6.34. The molecule has 1 aliphatic heterocycles. The van der Waals surface area contributed by atoms with Crippen LogP contribution in [-0.2, 0) is 9.84 Å². The summed E-state index contributed by atoms with van der Waals surface area (Å²) in [5.74, 6) is 1.30. The van der Waals surface area contributed by atoms with Crippen LogP contribution in [-0.4, -0.2) is 56.1 Å². The minimum atomic E-state index is -2.84. The third kappa shape index (κ3) is 4.66. The standard InChI is InChI=1S/C14H20N2O3S2/c1-16(12-6-9-21(17,18)10-12)7-8-19-13-4-2-11(3-5-13)14(15)20/h2-5,12H,6-10H2,1H3,(H2,15,20). The molecule has 0 spiro atoms. The summed E-state index contributed by atoms with van der Waals surface area (Å²) in [6.45, 7) is 1.21. The van der Waals surface area contributed by atoms with Crippen LogP contribution in [0.5, 0.6) is 5.75 Å². The molecule has 0 bridgehead atoms. The average Bonchev–Trinajstić information content (AvgIpc) is 2.79. The van der Waals surface area contributed by atoms with Crippen molar-refractivity contribution < 1.29 is 13.2 Å². The predicted molar refractivity (Wildman–Crippen MR) is 87.5 cm³/mol. The molecule has 0 aromatic heterocycles. The first-order valence-corrected chi connectivity index (χ1v) is 9.04.